The van der Waals surface area contributed by atoms with Crippen LogP contribution in [0.3, 0.4) is 0 Å². The van der Waals surface area contributed by atoms with Gasteiger partial charge in [-0.2, -0.15) is 0 Å². The first-order valence-corrected chi connectivity index (χ1v) is 7.49. The zero-order valence-corrected chi connectivity index (χ0v) is 11.7. The van der Waals surface area contributed by atoms with Gasteiger partial charge in [0.05, 0.1) is 5.25 Å². The Morgan fingerprint density at radius 3 is 2.47 bits per heavy atom. The lowest BCUT2D eigenvalue weighted by atomic mass is 10.1. The summed E-state index contributed by atoms with van der Waals surface area (Å²) >= 11 is 5.76. The molecule has 1 rings (SSSR count). The van der Waals surface area contributed by atoms with E-state index in [1.165, 1.54) is 0 Å². The lowest BCUT2D eigenvalue weighted by Crippen LogP contribution is -2.24. The number of carbonyl (C=O) groups excluding carboxylic acids is 1. The molecule has 1 aromatic carbocycles. The van der Waals surface area contributed by atoms with Crippen molar-refractivity contribution in [2.24, 2.45) is 0 Å². The van der Waals surface area contributed by atoms with Crippen LogP contribution in [-0.2, 0) is 10.8 Å². The number of ketones is 1. The molecule has 0 saturated carbocycles. The van der Waals surface area contributed by atoms with Crippen LogP contribution in [0.2, 0.25) is 5.02 Å². The van der Waals surface area contributed by atoms with Crippen LogP contribution < -0.4 is 0 Å². The Balaban J connectivity index is 2.69. The van der Waals surface area contributed by atoms with Gasteiger partial charge in [0.25, 0.3) is 0 Å². The molecule has 0 fully saturated rings. The molecule has 94 valence electrons. The van der Waals surface area contributed by atoms with Crippen molar-refractivity contribution < 1.29 is 9.00 Å². The summed E-state index contributed by atoms with van der Waals surface area (Å²) in [6, 6.07) is 6.71. The van der Waals surface area contributed by atoms with Gasteiger partial charge in [0.1, 0.15) is 0 Å². The monoisotopic (exact) mass is 272 g/mol. The summed E-state index contributed by atoms with van der Waals surface area (Å²) in [7, 11) is -1.08. The topological polar surface area (TPSA) is 34.1 Å². The van der Waals surface area contributed by atoms with Gasteiger partial charge >= 0.3 is 0 Å². The van der Waals surface area contributed by atoms with E-state index in [4.69, 9.17) is 11.6 Å². The van der Waals surface area contributed by atoms with E-state index in [1.54, 1.807) is 31.2 Å². The van der Waals surface area contributed by atoms with E-state index in [1.807, 2.05) is 6.92 Å². The predicted molar refractivity (Wildman–Crippen MR) is 73.2 cm³/mol. The molecule has 0 radical (unpaired) electrons. The third kappa shape index (κ3) is 4.25. The van der Waals surface area contributed by atoms with E-state index in [0.29, 0.717) is 16.3 Å². The van der Waals surface area contributed by atoms with Gasteiger partial charge in [0.2, 0.25) is 0 Å². The molecule has 0 bridgehead atoms. The maximum Gasteiger partial charge on any atom is 0.178 e. The average Bonchev–Trinajstić information content (AvgIpc) is 2.35. The number of Topliss-reactive ketones (excluding diaryl/α,β-unsaturated/α-hetero) is 1. The predicted octanol–water partition coefficient (Wildman–Crippen LogP) is 3.46. The van der Waals surface area contributed by atoms with Gasteiger partial charge in [-0.3, -0.25) is 9.00 Å². The SMILES string of the molecule is CCCCS(=O)C(C)C(=O)c1ccc(Cl)cc1. The van der Waals surface area contributed by atoms with Crippen LogP contribution in [0.4, 0.5) is 0 Å². The quantitative estimate of drug-likeness (QED) is 0.743. The number of halogens is 1. The number of carbonyl (C=O) groups is 1. The lowest BCUT2D eigenvalue weighted by molar-refractivity contribution is 0.0992. The molecule has 0 aromatic heterocycles. The molecule has 0 aliphatic heterocycles. The van der Waals surface area contributed by atoms with Crippen molar-refractivity contribution in [2.45, 2.75) is 31.9 Å². The van der Waals surface area contributed by atoms with E-state index >= 15 is 0 Å². The maximum atomic E-state index is 12.0. The zero-order chi connectivity index (χ0) is 12.8. The van der Waals surface area contributed by atoms with E-state index in [2.05, 4.69) is 0 Å². The molecular formula is C13H17ClO2S. The lowest BCUT2D eigenvalue weighted by Gasteiger charge is -2.10. The highest BCUT2D eigenvalue weighted by Crippen LogP contribution is 2.13. The van der Waals surface area contributed by atoms with Gasteiger partial charge in [0, 0.05) is 27.1 Å². The third-order valence-corrected chi connectivity index (χ3v) is 4.54. The molecule has 2 unspecified atom stereocenters. The molecule has 0 aliphatic carbocycles. The van der Waals surface area contributed by atoms with Gasteiger partial charge in [-0.05, 0) is 37.6 Å². The standard InChI is InChI=1S/C13H17ClO2S/c1-3-4-9-17(16)10(2)13(15)11-5-7-12(14)8-6-11/h5-8,10H,3-4,9H2,1-2H3. The van der Waals surface area contributed by atoms with Crippen molar-refractivity contribution >= 4 is 28.2 Å². The van der Waals surface area contributed by atoms with Crippen LogP contribution >= 0.6 is 11.6 Å². The van der Waals surface area contributed by atoms with Crippen molar-refractivity contribution in [2.75, 3.05) is 5.75 Å². The molecule has 17 heavy (non-hydrogen) atoms. The van der Waals surface area contributed by atoms with Gasteiger partial charge in [-0.1, -0.05) is 24.9 Å². The number of hydrogen-bond acceptors (Lipinski definition) is 2. The summed E-state index contributed by atoms with van der Waals surface area (Å²) < 4.78 is 11.8. The van der Waals surface area contributed by atoms with Crippen molar-refractivity contribution in [3.8, 4) is 0 Å². The van der Waals surface area contributed by atoms with Crippen LogP contribution in [0.1, 0.15) is 37.0 Å². The smallest absolute Gasteiger partial charge is 0.178 e. The van der Waals surface area contributed by atoms with Crippen LogP contribution in [0.25, 0.3) is 0 Å². The van der Waals surface area contributed by atoms with E-state index < -0.39 is 16.0 Å². The number of hydrogen-bond donors (Lipinski definition) is 0. The van der Waals surface area contributed by atoms with Gasteiger partial charge in [-0.25, -0.2) is 0 Å². The number of benzene rings is 1. The molecule has 0 amide bonds. The number of rotatable bonds is 6. The highest BCUT2D eigenvalue weighted by atomic mass is 35.5. The summed E-state index contributed by atoms with van der Waals surface area (Å²) in [4.78, 5) is 12.0. The summed E-state index contributed by atoms with van der Waals surface area (Å²) in [6.07, 6.45) is 1.89. The highest BCUT2D eigenvalue weighted by molar-refractivity contribution is 7.86. The van der Waals surface area contributed by atoms with Gasteiger partial charge < -0.3 is 0 Å². The minimum Gasteiger partial charge on any atom is -0.293 e. The Morgan fingerprint density at radius 1 is 1.35 bits per heavy atom. The highest BCUT2D eigenvalue weighted by Gasteiger charge is 2.20. The zero-order valence-electron chi connectivity index (χ0n) is 10.1. The van der Waals surface area contributed by atoms with Crippen molar-refractivity contribution in [3.63, 3.8) is 0 Å². The van der Waals surface area contributed by atoms with Gasteiger partial charge in [0.15, 0.2) is 5.78 Å². The fourth-order valence-electron chi connectivity index (χ4n) is 1.43. The molecule has 0 heterocycles. The summed E-state index contributed by atoms with van der Waals surface area (Å²) in [5, 5.41) is 0.157. The Morgan fingerprint density at radius 2 is 1.94 bits per heavy atom. The molecular weight excluding hydrogens is 256 g/mol. The molecule has 0 spiro atoms. The van der Waals surface area contributed by atoms with Gasteiger partial charge in [-0.15, -0.1) is 0 Å². The minimum absolute atomic E-state index is 0.0731. The Hall–Kier alpha value is -0.670. The second-order valence-electron chi connectivity index (χ2n) is 3.95. The van der Waals surface area contributed by atoms with E-state index in [0.717, 1.165) is 12.8 Å². The summed E-state index contributed by atoms with van der Waals surface area (Å²) in [5.74, 6) is 0.521. The minimum atomic E-state index is -1.08. The molecule has 1 aromatic rings. The first-order chi connectivity index (χ1) is 8.06. The average molecular weight is 273 g/mol. The summed E-state index contributed by atoms with van der Waals surface area (Å²) in [5.41, 5.74) is 0.576. The molecule has 0 N–H and O–H groups in total. The summed E-state index contributed by atoms with van der Waals surface area (Å²) in [6.45, 7) is 3.77. The molecule has 2 atom stereocenters. The van der Waals surface area contributed by atoms with Crippen LogP contribution in [0.5, 0.6) is 0 Å². The first-order valence-electron chi connectivity index (χ1n) is 5.73. The largest absolute Gasteiger partial charge is 0.293 e. The van der Waals surface area contributed by atoms with E-state index in [-0.39, 0.29) is 5.78 Å². The second kappa shape index (κ2) is 6.92. The van der Waals surface area contributed by atoms with Crippen molar-refractivity contribution in [3.05, 3.63) is 34.9 Å². The third-order valence-electron chi connectivity index (χ3n) is 2.59. The molecule has 4 heteroatoms. The molecule has 0 saturated heterocycles. The van der Waals surface area contributed by atoms with Crippen LogP contribution in [0, 0.1) is 0 Å². The Labute approximate surface area is 110 Å². The normalized spacial score (nSPS) is 14.3. The number of unbranched alkanes of at least 4 members (excludes halogenated alkanes) is 1. The van der Waals surface area contributed by atoms with Crippen molar-refractivity contribution in [1.29, 1.82) is 0 Å². The van der Waals surface area contributed by atoms with E-state index in [9.17, 15) is 9.00 Å². The Kier molecular flexibility index (Phi) is 5.86. The molecule has 2 nitrogen and oxygen atoms in total. The fraction of sp³-hybridized carbons (Fsp3) is 0.462. The Bertz CT molecular complexity index is 400. The first kappa shape index (κ1) is 14.4. The maximum absolute atomic E-state index is 12.0. The van der Waals surface area contributed by atoms with Crippen molar-refractivity contribution in [1.82, 2.24) is 0 Å². The fourth-order valence-corrected chi connectivity index (χ4v) is 2.86. The second-order valence-corrected chi connectivity index (χ2v) is 6.27. The van der Waals surface area contributed by atoms with Crippen LogP contribution in [0.15, 0.2) is 24.3 Å². The molecule has 0 aliphatic rings. The van der Waals surface area contributed by atoms with Crippen LogP contribution in [-0.4, -0.2) is 21.0 Å².